The second-order valence-corrected chi connectivity index (χ2v) is 3.99. The zero-order valence-corrected chi connectivity index (χ0v) is 9.13. The number of H-pyrrole nitrogens is 1. The van der Waals surface area contributed by atoms with Gasteiger partial charge in [-0.1, -0.05) is 0 Å². The first-order valence-corrected chi connectivity index (χ1v) is 5.38. The van der Waals surface area contributed by atoms with Gasteiger partial charge in [0.05, 0.1) is 12.6 Å². The van der Waals surface area contributed by atoms with E-state index >= 15 is 0 Å². The molecule has 1 amide bonds. The molecule has 1 aliphatic rings. The molecule has 1 aliphatic heterocycles. The van der Waals surface area contributed by atoms with Gasteiger partial charge in [0.15, 0.2) is 5.69 Å². The van der Waals surface area contributed by atoms with Gasteiger partial charge in [0, 0.05) is 12.6 Å². The first-order valence-electron chi connectivity index (χ1n) is 5.38. The summed E-state index contributed by atoms with van der Waals surface area (Å²) in [7, 11) is 0. The molecule has 2 N–H and O–H groups in total. The van der Waals surface area contributed by atoms with Crippen molar-refractivity contribution in [2.45, 2.75) is 18.9 Å². The molecule has 2 heterocycles. The van der Waals surface area contributed by atoms with Gasteiger partial charge < -0.3 is 20.1 Å². The summed E-state index contributed by atoms with van der Waals surface area (Å²) in [6.07, 6.45) is 1.62. The number of aromatic amines is 1. The lowest BCUT2D eigenvalue weighted by atomic mass is 10.2. The Labute approximate surface area is 97.2 Å². The third-order valence-corrected chi connectivity index (χ3v) is 2.95. The number of aromatic nitrogens is 1. The lowest BCUT2D eigenvalue weighted by Crippen LogP contribution is -2.37. The van der Waals surface area contributed by atoms with Crippen LogP contribution >= 0.6 is 0 Å². The van der Waals surface area contributed by atoms with Crippen molar-refractivity contribution in [2.24, 2.45) is 0 Å². The molecule has 1 saturated heterocycles. The highest BCUT2D eigenvalue weighted by atomic mass is 16.6. The largest absolute Gasteiger partial charge is 0.394 e. The molecule has 0 unspecified atom stereocenters. The first-order chi connectivity index (χ1) is 8.13. The summed E-state index contributed by atoms with van der Waals surface area (Å²) in [6.45, 7) is 0.505. The summed E-state index contributed by atoms with van der Waals surface area (Å²) in [5, 5.41) is 19.6. The quantitative estimate of drug-likeness (QED) is 0.593. The highest BCUT2D eigenvalue weighted by Crippen LogP contribution is 2.20. The molecule has 7 nitrogen and oxygen atoms in total. The smallest absolute Gasteiger partial charge is 0.321 e. The van der Waals surface area contributed by atoms with Gasteiger partial charge in [-0.2, -0.15) is 0 Å². The van der Waals surface area contributed by atoms with E-state index in [2.05, 4.69) is 4.98 Å². The summed E-state index contributed by atoms with van der Waals surface area (Å²) >= 11 is 0. The Balaban J connectivity index is 2.16. The first kappa shape index (κ1) is 11.6. The third-order valence-electron chi connectivity index (χ3n) is 2.95. The average Bonchev–Trinajstić information content (AvgIpc) is 2.96. The Bertz CT molecular complexity index is 443. The van der Waals surface area contributed by atoms with Crippen LogP contribution in [0.3, 0.4) is 0 Å². The van der Waals surface area contributed by atoms with E-state index in [9.17, 15) is 14.9 Å². The summed E-state index contributed by atoms with van der Waals surface area (Å²) in [5.74, 6) is -0.497. The molecule has 17 heavy (non-hydrogen) atoms. The number of hydrogen-bond donors (Lipinski definition) is 2. The van der Waals surface area contributed by atoms with Gasteiger partial charge in [-0.05, 0) is 23.8 Å². The van der Waals surface area contributed by atoms with Crippen molar-refractivity contribution < 1.29 is 14.8 Å². The molecule has 1 fully saturated rings. The number of amides is 1. The minimum Gasteiger partial charge on any atom is -0.394 e. The summed E-state index contributed by atoms with van der Waals surface area (Å²) < 4.78 is 0. The van der Waals surface area contributed by atoms with Crippen LogP contribution in [-0.2, 0) is 0 Å². The Hall–Kier alpha value is -1.89. The van der Waals surface area contributed by atoms with Crippen molar-refractivity contribution in [1.29, 1.82) is 0 Å². The van der Waals surface area contributed by atoms with E-state index < -0.39 is 4.92 Å². The molecule has 0 aliphatic carbocycles. The number of rotatable bonds is 3. The van der Waals surface area contributed by atoms with Gasteiger partial charge in [-0.25, -0.2) is 4.98 Å². The van der Waals surface area contributed by atoms with Gasteiger partial charge in [0.1, 0.15) is 0 Å². The van der Waals surface area contributed by atoms with Crippen molar-refractivity contribution in [3.63, 3.8) is 0 Å². The lowest BCUT2D eigenvalue weighted by Gasteiger charge is -2.21. The van der Waals surface area contributed by atoms with E-state index in [0.717, 1.165) is 12.8 Å². The average molecular weight is 239 g/mol. The predicted octanol–water partition coefficient (Wildman–Crippen LogP) is 0.520. The lowest BCUT2D eigenvalue weighted by molar-refractivity contribution is -0.389. The monoisotopic (exact) mass is 239 g/mol. The maximum absolute atomic E-state index is 12.0. The normalized spacial score (nSPS) is 19.6. The molecule has 1 atom stereocenters. The number of nitro groups is 1. The van der Waals surface area contributed by atoms with Crippen LogP contribution in [0.1, 0.15) is 23.3 Å². The fourth-order valence-corrected chi connectivity index (χ4v) is 2.06. The van der Waals surface area contributed by atoms with E-state index in [4.69, 9.17) is 5.11 Å². The van der Waals surface area contributed by atoms with Crippen LogP contribution in [0.5, 0.6) is 0 Å². The van der Waals surface area contributed by atoms with Crippen LogP contribution in [-0.4, -0.2) is 45.0 Å². The molecule has 0 radical (unpaired) electrons. The van der Waals surface area contributed by atoms with Crippen molar-refractivity contribution in [1.82, 2.24) is 9.88 Å². The topological polar surface area (TPSA) is 99.5 Å². The second kappa shape index (κ2) is 4.54. The summed E-state index contributed by atoms with van der Waals surface area (Å²) in [5.41, 5.74) is 0.192. The molecule has 1 aromatic heterocycles. The van der Waals surface area contributed by atoms with Gasteiger partial charge >= 0.3 is 5.82 Å². The molecule has 0 aromatic carbocycles. The molecule has 0 bridgehead atoms. The third kappa shape index (κ3) is 2.14. The standard InChI is InChI=1S/C10H13N3O4/c14-6-7-2-1-5-12(7)10(15)8-3-4-9(11-8)13(16)17/h3-4,7,11,14H,1-2,5-6H2/t7-/m0/s1. The molecule has 7 heteroatoms. The van der Waals surface area contributed by atoms with Crippen molar-refractivity contribution >= 4 is 11.7 Å². The highest BCUT2D eigenvalue weighted by Gasteiger charge is 2.31. The zero-order valence-electron chi connectivity index (χ0n) is 9.13. The number of carbonyl (C=O) groups is 1. The Morgan fingerprint density at radius 2 is 2.41 bits per heavy atom. The van der Waals surface area contributed by atoms with E-state index in [0.29, 0.717) is 6.54 Å². The van der Waals surface area contributed by atoms with E-state index in [1.54, 1.807) is 4.90 Å². The predicted molar refractivity (Wildman–Crippen MR) is 58.6 cm³/mol. The van der Waals surface area contributed by atoms with E-state index in [1.807, 2.05) is 0 Å². The molecule has 2 rings (SSSR count). The summed E-state index contributed by atoms with van der Waals surface area (Å²) in [4.78, 5) is 25.9. The minimum atomic E-state index is -0.579. The maximum Gasteiger partial charge on any atom is 0.321 e. The van der Waals surface area contributed by atoms with Gasteiger partial charge in [-0.15, -0.1) is 0 Å². The number of nitrogens with one attached hydrogen (secondary N) is 1. The second-order valence-electron chi connectivity index (χ2n) is 3.99. The van der Waals surface area contributed by atoms with Gasteiger partial charge in [0.2, 0.25) is 0 Å². The SMILES string of the molecule is O=C(c1ccc([N+](=O)[O-])[nH]1)N1CCC[C@H]1CO. The zero-order chi connectivity index (χ0) is 12.4. The number of aliphatic hydroxyl groups excluding tert-OH is 1. The minimum absolute atomic E-state index is 0.0749. The molecule has 1 aromatic rings. The van der Waals surface area contributed by atoms with Crippen molar-refractivity contribution in [3.05, 3.63) is 27.9 Å². The van der Waals surface area contributed by atoms with Crippen LogP contribution in [0.2, 0.25) is 0 Å². The molecule has 0 spiro atoms. The molecule has 92 valence electrons. The molecule has 0 saturated carbocycles. The van der Waals surface area contributed by atoms with Crippen LogP contribution in [0, 0.1) is 10.1 Å². The maximum atomic E-state index is 12.0. The Morgan fingerprint density at radius 3 is 3.00 bits per heavy atom. The van der Waals surface area contributed by atoms with Gasteiger partial charge in [0.25, 0.3) is 5.91 Å². The highest BCUT2D eigenvalue weighted by molar-refractivity contribution is 5.93. The van der Waals surface area contributed by atoms with Crippen LogP contribution < -0.4 is 0 Å². The molecular formula is C10H13N3O4. The van der Waals surface area contributed by atoms with Crippen molar-refractivity contribution in [2.75, 3.05) is 13.2 Å². The van der Waals surface area contributed by atoms with E-state index in [1.165, 1.54) is 12.1 Å². The van der Waals surface area contributed by atoms with Crippen LogP contribution in [0.25, 0.3) is 0 Å². The number of aliphatic hydroxyl groups is 1. The van der Waals surface area contributed by atoms with Crippen molar-refractivity contribution in [3.8, 4) is 0 Å². The van der Waals surface area contributed by atoms with Gasteiger partial charge in [-0.3, -0.25) is 4.79 Å². The molecular weight excluding hydrogens is 226 g/mol. The van der Waals surface area contributed by atoms with Crippen LogP contribution in [0.15, 0.2) is 12.1 Å². The number of likely N-dealkylation sites (tertiary alicyclic amines) is 1. The fourth-order valence-electron chi connectivity index (χ4n) is 2.06. The number of carbonyl (C=O) groups excluding carboxylic acids is 1. The van der Waals surface area contributed by atoms with E-state index in [-0.39, 0.29) is 30.1 Å². The Kier molecular flexibility index (Phi) is 3.10. The summed E-state index contributed by atoms with van der Waals surface area (Å²) in [6, 6.07) is 2.48. The fraction of sp³-hybridized carbons (Fsp3) is 0.500. The number of nitrogens with zero attached hydrogens (tertiary/aromatic N) is 2. The number of hydrogen-bond acceptors (Lipinski definition) is 4. The Morgan fingerprint density at radius 1 is 1.65 bits per heavy atom. The van der Waals surface area contributed by atoms with Crippen LogP contribution in [0.4, 0.5) is 5.82 Å².